The van der Waals surface area contributed by atoms with E-state index in [1.54, 1.807) is 17.0 Å². The van der Waals surface area contributed by atoms with Crippen LogP contribution in [0.25, 0.3) is 0 Å². The fourth-order valence-electron chi connectivity index (χ4n) is 2.88. The van der Waals surface area contributed by atoms with Gasteiger partial charge in [0.1, 0.15) is 9.84 Å². The van der Waals surface area contributed by atoms with Gasteiger partial charge in [0.25, 0.3) is 0 Å². The highest BCUT2D eigenvalue weighted by molar-refractivity contribution is 7.90. The predicted octanol–water partition coefficient (Wildman–Crippen LogP) is -0.284. The number of sulfonamides is 1. The molecule has 1 aromatic carbocycles. The number of piperazine rings is 1. The van der Waals surface area contributed by atoms with Crippen molar-refractivity contribution >= 4 is 25.8 Å². The Hall–Kier alpha value is -1.49. The van der Waals surface area contributed by atoms with Crippen molar-refractivity contribution in [2.75, 3.05) is 51.8 Å². The number of nitrogens with one attached hydrogen (secondary N) is 1. The summed E-state index contributed by atoms with van der Waals surface area (Å²) in [5, 5.41) is 0. The van der Waals surface area contributed by atoms with Crippen LogP contribution in [0.15, 0.2) is 29.2 Å². The predicted molar refractivity (Wildman–Crippen MR) is 104 cm³/mol. The quantitative estimate of drug-likeness (QED) is 0.624. The SMILES string of the molecule is CNS(=O)(=O)c1ccc(CCC(=O)N2CCN(CCS(C)(=O)=O)CC2)cc1. The number of hydrogen-bond acceptors (Lipinski definition) is 6. The van der Waals surface area contributed by atoms with Crippen LogP contribution in [0.1, 0.15) is 12.0 Å². The molecule has 27 heavy (non-hydrogen) atoms. The van der Waals surface area contributed by atoms with Crippen LogP contribution in [0.3, 0.4) is 0 Å². The van der Waals surface area contributed by atoms with Crippen LogP contribution in [-0.2, 0) is 31.1 Å². The number of nitrogens with zero attached hydrogens (tertiary/aromatic N) is 2. The molecular weight excluding hydrogens is 390 g/mol. The summed E-state index contributed by atoms with van der Waals surface area (Å²) in [6, 6.07) is 6.51. The van der Waals surface area contributed by atoms with Crippen molar-refractivity contribution < 1.29 is 21.6 Å². The molecule has 0 radical (unpaired) electrons. The monoisotopic (exact) mass is 417 g/mol. The Morgan fingerprint density at radius 2 is 1.63 bits per heavy atom. The molecule has 1 amide bonds. The van der Waals surface area contributed by atoms with Crippen LogP contribution < -0.4 is 4.72 Å². The number of carbonyl (C=O) groups excluding carboxylic acids is 1. The second-order valence-corrected chi connectivity index (χ2v) is 10.9. The standard InChI is InChI=1S/C17H27N3O5S2/c1-18-27(24,25)16-6-3-15(4-7-16)5-8-17(21)20-11-9-19(10-12-20)13-14-26(2,22)23/h3-4,6-7,18H,5,8-14H2,1-2H3. The highest BCUT2D eigenvalue weighted by Crippen LogP contribution is 2.13. The van der Waals surface area contributed by atoms with Gasteiger partial charge in [-0.2, -0.15) is 0 Å². The Kier molecular flexibility index (Phi) is 7.38. The lowest BCUT2D eigenvalue weighted by Gasteiger charge is -2.34. The summed E-state index contributed by atoms with van der Waals surface area (Å²) < 4.78 is 48.1. The summed E-state index contributed by atoms with van der Waals surface area (Å²) in [6.07, 6.45) is 2.14. The number of rotatable bonds is 8. The van der Waals surface area contributed by atoms with Gasteiger partial charge in [-0.3, -0.25) is 9.69 Å². The third-order valence-corrected chi connectivity index (χ3v) is 6.99. The minimum Gasteiger partial charge on any atom is -0.340 e. The fraction of sp³-hybridized carbons (Fsp3) is 0.588. The molecule has 1 aromatic rings. The van der Waals surface area contributed by atoms with Crippen molar-refractivity contribution in [2.45, 2.75) is 17.7 Å². The molecule has 0 aliphatic carbocycles. The first kappa shape index (κ1) is 21.8. The summed E-state index contributed by atoms with van der Waals surface area (Å²) in [5.74, 6) is 0.199. The Labute approximate surface area is 161 Å². The van der Waals surface area contributed by atoms with E-state index in [1.807, 2.05) is 0 Å². The molecule has 8 nitrogen and oxygen atoms in total. The Morgan fingerprint density at radius 3 is 2.15 bits per heavy atom. The maximum Gasteiger partial charge on any atom is 0.240 e. The zero-order chi connectivity index (χ0) is 20.1. The lowest BCUT2D eigenvalue weighted by atomic mass is 10.1. The summed E-state index contributed by atoms with van der Waals surface area (Å²) in [6.45, 7) is 3.06. The molecular formula is C17H27N3O5S2. The van der Waals surface area contributed by atoms with Crippen molar-refractivity contribution in [3.63, 3.8) is 0 Å². The average Bonchev–Trinajstić information content (AvgIpc) is 2.64. The van der Waals surface area contributed by atoms with E-state index in [1.165, 1.54) is 25.4 Å². The minimum atomic E-state index is -3.45. The molecule has 0 unspecified atom stereocenters. The van der Waals surface area contributed by atoms with Crippen molar-refractivity contribution in [1.29, 1.82) is 0 Å². The lowest BCUT2D eigenvalue weighted by Crippen LogP contribution is -2.49. The molecule has 2 rings (SSSR count). The highest BCUT2D eigenvalue weighted by Gasteiger charge is 2.21. The molecule has 0 bridgehead atoms. The van der Waals surface area contributed by atoms with Crippen LogP contribution in [-0.4, -0.2) is 84.3 Å². The maximum absolute atomic E-state index is 12.4. The van der Waals surface area contributed by atoms with Gasteiger partial charge >= 0.3 is 0 Å². The molecule has 1 fully saturated rings. The normalized spacial score (nSPS) is 16.4. The van der Waals surface area contributed by atoms with Gasteiger partial charge in [-0.15, -0.1) is 0 Å². The third kappa shape index (κ3) is 6.87. The molecule has 1 heterocycles. The van der Waals surface area contributed by atoms with Crippen LogP contribution in [0.4, 0.5) is 0 Å². The second-order valence-electron chi connectivity index (χ2n) is 6.70. The molecule has 1 aliphatic heterocycles. The summed E-state index contributed by atoms with van der Waals surface area (Å²) >= 11 is 0. The first-order valence-electron chi connectivity index (χ1n) is 8.81. The van der Waals surface area contributed by atoms with Crippen LogP contribution >= 0.6 is 0 Å². The van der Waals surface area contributed by atoms with Gasteiger partial charge in [0.2, 0.25) is 15.9 Å². The number of aryl methyl sites for hydroxylation is 1. The number of hydrogen-bond donors (Lipinski definition) is 1. The van der Waals surface area contributed by atoms with Gasteiger partial charge in [-0.1, -0.05) is 12.1 Å². The number of amides is 1. The van der Waals surface area contributed by atoms with E-state index in [4.69, 9.17) is 0 Å². The van der Waals surface area contributed by atoms with E-state index in [0.717, 1.165) is 5.56 Å². The average molecular weight is 418 g/mol. The van der Waals surface area contributed by atoms with Crippen molar-refractivity contribution in [1.82, 2.24) is 14.5 Å². The van der Waals surface area contributed by atoms with Crippen molar-refractivity contribution in [3.8, 4) is 0 Å². The lowest BCUT2D eigenvalue weighted by molar-refractivity contribution is -0.132. The third-order valence-electron chi connectivity index (χ3n) is 4.63. The number of sulfone groups is 1. The minimum absolute atomic E-state index is 0.0599. The summed E-state index contributed by atoms with van der Waals surface area (Å²) in [7, 11) is -5.06. The highest BCUT2D eigenvalue weighted by atomic mass is 32.2. The summed E-state index contributed by atoms with van der Waals surface area (Å²) in [5.41, 5.74) is 0.908. The Morgan fingerprint density at radius 1 is 1.04 bits per heavy atom. The van der Waals surface area contributed by atoms with Gasteiger partial charge in [0, 0.05) is 45.4 Å². The van der Waals surface area contributed by atoms with E-state index in [-0.39, 0.29) is 16.6 Å². The van der Waals surface area contributed by atoms with E-state index < -0.39 is 19.9 Å². The Bertz CT molecular complexity index is 843. The second kappa shape index (κ2) is 9.13. The number of benzene rings is 1. The first-order chi connectivity index (χ1) is 12.6. The molecule has 0 atom stereocenters. The van der Waals surface area contributed by atoms with Crippen molar-refractivity contribution in [2.24, 2.45) is 0 Å². The van der Waals surface area contributed by atoms with E-state index in [9.17, 15) is 21.6 Å². The van der Waals surface area contributed by atoms with Gasteiger partial charge in [0.15, 0.2) is 0 Å². The fourth-order valence-corrected chi connectivity index (χ4v) is 4.20. The molecule has 1 N–H and O–H groups in total. The topological polar surface area (TPSA) is 104 Å². The largest absolute Gasteiger partial charge is 0.340 e. The Balaban J connectivity index is 1.78. The smallest absolute Gasteiger partial charge is 0.240 e. The first-order valence-corrected chi connectivity index (χ1v) is 12.4. The zero-order valence-corrected chi connectivity index (χ0v) is 17.4. The van der Waals surface area contributed by atoms with Crippen LogP contribution in [0.2, 0.25) is 0 Å². The van der Waals surface area contributed by atoms with Gasteiger partial charge in [-0.05, 0) is 31.2 Å². The summed E-state index contributed by atoms with van der Waals surface area (Å²) in [4.78, 5) is 16.4. The van der Waals surface area contributed by atoms with Crippen LogP contribution in [0.5, 0.6) is 0 Å². The van der Waals surface area contributed by atoms with Crippen LogP contribution in [0, 0.1) is 0 Å². The molecule has 0 aromatic heterocycles. The van der Waals surface area contributed by atoms with E-state index >= 15 is 0 Å². The molecule has 0 saturated carbocycles. The van der Waals surface area contributed by atoms with Crippen molar-refractivity contribution in [3.05, 3.63) is 29.8 Å². The molecule has 152 valence electrons. The molecule has 0 spiro atoms. The molecule has 1 aliphatic rings. The van der Waals surface area contributed by atoms with E-state index in [2.05, 4.69) is 9.62 Å². The van der Waals surface area contributed by atoms with Gasteiger partial charge in [-0.25, -0.2) is 21.6 Å². The molecule has 10 heteroatoms. The maximum atomic E-state index is 12.4. The zero-order valence-electron chi connectivity index (χ0n) is 15.7. The van der Waals surface area contributed by atoms with Gasteiger partial charge < -0.3 is 4.90 Å². The van der Waals surface area contributed by atoms with Gasteiger partial charge in [0.05, 0.1) is 10.6 Å². The van der Waals surface area contributed by atoms with E-state index in [0.29, 0.717) is 45.6 Å². The molecule has 1 saturated heterocycles. The number of carbonyl (C=O) groups is 1.